The molecule has 3 N–H and O–H groups in total. The van der Waals surface area contributed by atoms with Crippen LogP contribution in [-0.4, -0.2) is 55.8 Å². The monoisotopic (exact) mass is 464 g/mol. The number of aliphatic imine (C=N–C) groups is 1. The molecule has 2 heterocycles. The average Bonchev–Trinajstić information content (AvgIpc) is 2.98. The molecule has 0 radical (unpaired) electrons. The van der Waals surface area contributed by atoms with E-state index in [1.54, 1.807) is 19.3 Å². The molecule has 0 aromatic carbocycles. The lowest BCUT2D eigenvalue weighted by atomic mass is 10.1. The Morgan fingerprint density at radius 1 is 1.40 bits per heavy atom. The highest BCUT2D eigenvalue weighted by Crippen LogP contribution is 2.20. The minimum Gasteiger partial charge on any atom is -0.355 e. The lowest BCUT2D eigenvalue weighted by molar-refractivity contribution is 0.428. The first-order chi connectivity index (χ1) is 11.4. The summed E-state index contributed by atoms with van der Waals surface area (Å²) in [6, 6.07) is 3.29. The van der Waals surface area contributed by atoms with Crippen molar-refractivity contribution in [1.29, 1.82) is 0 Å². The third-order valence-corrected chi connectivity index (χ3v) is 3.86. The van der Waals surface area contributed by atoms with Crippen molar-refractivity contribution in [1.82, 2.24) is 20.9 Å². The number of hydrogen-bond acceptors (Lipinski definition) is 4. The van der Waals surface area contributed by atoms with E-state index >= 15 is 0 Å². The number of aromatic nitrogens is 1. The van der Waals surface area contributed by atoms with Crippen molar-refractivity contribution in [3.8, 4) is 0 Å². The lowest BCUT2D eigenvalue weighted by Crippen LogP contribution is -2.47. The minimum absolute atomic E-state index is 0. The van der Waals surface area contributed by atoms with Crippen LogP contribution in [0.15, 0.2) is 23.3 Å². The summed E-state index contributed by atoms with van der Waals surface area (Å²) in [5, 5.41) is 10.1. The predicted molar refractivity (Wildman–Crippen MR) is 112 cm³/mol. The van der Waals surface area contributed by atoms with E-state index in [1.807, 2.05) is 4.90 Å². The molecule has 0 aliphatic carbocycles. The SMILES string of the molecule is CN=C(NCCNC(C)(C)C)NC1CCN(c2ncccc2F)C1.I. The van der Waals surface area contributed by atoms with Gasteiger partial charge in [0.25, 0.3) is 0 Å². The molecule has 1 saturated heterocycles. The molecule has 1 fully saturated rings. The molecule has 6 nitrogen and oxygen atoms in total. The highest BCUT2D eigenvalue weighted by molar-refractivity contribution is 14.0. The number of pyridine rings is 1. The van der Waals surface area contributed by atoms with Gasteiger partial charge in [-0.05, 0) is 39.3 Å². The highest BCUT2D eigenvalue weighted by Gasteiger charge is 2.25. The van der Waals surface area contributed by atoms with Crippen LogP contribution >= 0.6 is 24.0 Å². The quantitative estimate of drug-likeness (QED) is 0.269. The first-order valence-electron chi connectivity index (χ1n) is 8.47. The summed E-state index contributed by atoms with van der Waals surface area (Å²) < 4.78 is 13.8. The van der Waals surface area contributed by atoms with Crippen molar-refractivity contribution >= 4 is 35.8 Å². The van der Waals surface area contributed by atoms with Crippen LogP contribution in [0.3, 0.4) is 0 Å². The van der Waals surface area contributed by atoms with Crippen molar-refractivity contribution in [3.63, 3.8) is 0 Å². The smallest absolute Gasteiger partial charge is 0.191 e. The minimum atomic E-state index is -0.270. The Balaban J connectivity index is 0.00000312. The van der Waals surface area contributed by atoms with Gasteiger partial charge in [-0.25, -0.2) is 9.37 Å². The second-order valence-corrected chi connectivity index (χ2v) is 7.06. The fourth-order valence-corrected chi connectivity index (χ4v) is 2.69. The Labute approximate surface area is 167 Å². The van der Waals surface area contributed by atoms with Crippen molar-refractivity contribution in [2.24, 2.45) is 4.99 Å². The summed E-state index contributed by atoms with van der Waals surface area (Å²) >= 11 is 0. The van der Waals surface area contributed by atoms with Crippen LogP contribution in [0.5, 0.6) is 0 Å². The zero-order valence-corrected chi connectivity index (χ0v) is 17.8. The summed E-state index contributed by atoms with van der Waals surface area (Å²) in [7, 11) is 1.76. The van der Waals surface area contributed by atoms with Gasteiger partial charge in [0.15, 0.2) is 17.6 Å². The van der Waals surface area contributed by atoms with Gasteiger partial charge in [0.2, 0.25) is 0 Å². The molecule has 0 spiro atoms. The van der Waals surface area contributed by atoms with Crippen LogP contribution < -0.4 is 20.9 Å². The Kier molecular flexibility index (Phi) is 8.84. The first-order valence-corrected chi connectivity index (χ1v) is 8.47. The summed E-state index contributed by atoms with van der Waals surface area (Å²) in [5.74, 6) is 0.937. The fraction of sp³-hybridized carbons (Fsp3) is 0.647. The number of nitrogens with one attached hydrogen (secondary N) is 3. The van der Waals surface area contributed by atoms with Gasteiger partial charge in [0.1, 0.15) is 0 Å². The van der Waals surface area contributed by atoms with Crippen LogP contribution in [0.25, 0.3) is 0 Å². The van der Waals surface area contributed by atoms with E-state index in [0.717, 1.165) is 38.6 Å². The summed E-state index contributed by atoms with van der Waals surface area (Å²) in [4.78, 5) is 10.4. The molecule has 2 rings (SSSR count). The van der Waals surface area contributed by atoms with Crippen LogP contribution in [0.2, 0.25) is 0 Å². The first kappa shape index (κ1) is 21.9. The number of anilines is 1. The number of nitrogens with zero attached hydrogens (tertiary/aromatic N) is 3. The standard InChI is InChI=1S/C17H29FN6.HI/c1-17(2,3)22-10-9-21-16(19-4)23-13-7-11-24(12-13)15-14(18)6-5-8-20-15;/h5-6,8,13,22H,7,9-12H2,1-4H3,(H2,19,21,23);1H. The van der Waals surface area contributed by atoms with Gasteiger partial charge < -0.3 is 20.9 Å². The van der Waals surface area contributed by atoms with E-state index in [-0.39, 0.29) is 41.4 Å². The predicted octanol–water partition coefficient (Wildman–Crippen LogP) is 1.97. The van der Waals surface area contributed by atoms with Gasteiger partial charge in [-0.3, -0.25) is 4.99 Å². The third-order valence-electron chi connectivity index (χ3n) is 3.86. The van der Waals surface area contributed by atoms with E-state index < -0.39 is 0 Å². The molecular weight excluding hydrogens is 434 g/mol. The molecule has 1 aromatic heterocycles. The van der Waals surface area contributed by atoms with E-state index in [9.17, 15) is 4.39 Å². The maximum Gasteiger partial charge on any atom is 0.191 e. The lowest BCUT2D eigenvalue weighted by Gasteiger charge is -2.22. The Hall–Kier alpha value is -1.16. The maximum atomic E-state index is 13.8. The van der Waals surface area contributed by atoms with Crippen LogP contribution in [-0.2, 0) is 0 Å². The van der Waals surface area contributed by atoms with Crippen LogP contribution in [0.4, 0.5) is 10.2 Å². The molecule has 1 aromatic rings. The molecule has 0 amide bonds. The maximum absolute atomic E-state index is 13.8. The zero-order valence-electron chi connectivity index (χ0n) is 15.5. The van der Waals surface area contributed by atoms with Gasteiger partial charge in [-0.1, -0.05) is 0 Å². The van der Waals surface area contributed by atoms with Crippen molar-refractivity contribution in [2.45, 2.75) is 38.8 Å². The molecular formula is C17H30FIN6. The Morgan fingerprint density at radius 3 is 2.80 bits per heavy atom. The molecule has 0 saturated carbocycles. The normalized spacial score (nSPS) is 18.0. The average molecular weight is 464 g/mol. The molecule has 1 unspecified atom stereocenters. The van der Waals surface area contributed by atoms with Gasteiger partial charge in [-0.15, -0.1) is 24.0 Å². The van der Waals surface area contributed by atoms with Crippen molar-refractivity contribution in [3.05, 3.63) is 24.1 Å². The zero-order chi connectivity index (χ0) is 17.6. The van der Waals surface area contributed by atoms with Gasteiger partial charge >= 0.3 is 0 Å². The number of hydrogen-bond donors (Lipinski definition) is 3. The molecule has 25 heavy (non-hydrogen) atoms. The molecule has 0 bridgehead atoms. The summed E-state index contributed by atoms with van der Waals surface area (Å²) in [6.07, 6.45) is 2.55. The van der Waals surface area contributed by atoms with Crippen molar-refractivity contribution in [2.75, 3.05) is 38.1 Å². The van der Waals surface area contributed by atoms with Gasteiger partial charge in [-0.2, -0.15) is 0 Å². The van der Waals surface area contributed by atoms with E-state index in [2.05, 4.69) is 46.7 Å². The van der Waals surface area contributed by atoms with E-state index in [0.29, 0.717) is 5.82 Å². The van der Waals surface area contributed by atoms with E-state index in [4.69, 9.17) is 0 Å². The van der Waals surface area contributed by atoms with Crippen molar-refractivity contribution < 1.29 is 4.39 Å². The second-order valence-electron chi connectivity index (χ2n) is 7.06. The topological polar surface area (TPSA) is 64.6 Å². The number of halogens is 2. The largest absolute Gasteiger partial charge is 0.355 e. The molecule has 1 aliphatic rings. The highest BCUT2D eigenvalue weighted by atomic mass is 127. The van der Waals surface area contributed by atoms with E-state index in [1.165, 1.54) is 6.07 Å². The summed E-state index contributed by atoms with van der Waals surface area (Å²) in [6.45, 7) is 9.59. The molecule has 8 heteroatoms. The van der Waals surface area contributed by atoms with Crippen LogP contribution in [0.1, 0.15) is 27.2 Å². The number of guanidine groups is 1. The van der Waals surface area contributed by atoms with Gasteiger partial charge in [0, 0.05) is 51.0 Å². The molecule has 1 atom stereocenters. The van der Waals surface area contributed by atoms with Gasteiger partial charge in [0.05, 0.1) is 0 Å². The van der Waals surface area contributed by atoms with Crippen LogP contribution in [0, 0.1) is 5.82 Å². The second kappa shape index (κ2) is 10.1. The third kappa shape index (κ3) is 7.31. The molecule has 142 valence electrons. The fourth-order valence-electron chi connectivity index (χ4n) is 2.69. The Bertz CT molecular complexity index is 560. The molecule has 1 aliphatic heterocycles. The number of rotatable bonds is 5. The Morgan fingerprint density at radius 2 is 2.16 bits per heavy atom. The summed E-state index contributed by atoms with van der Waals surface area (Å²) in [5.41, 5.74) is 0.108.